The molecule has 3 aromatic heterocycles. The minimum absolute atomic E-state index is 0.0216. The van der Waals surface area contributed by atoms with Gasteiger partial charge < -0.3 is 4.90 Å². The molecule has 31 heavy (non-hydrogen) atoms. The van der Waals surface area contributed by atoms with Gasteiger partial charge in [0.15, 0.2) is 0 Å². The normalized spacial score (nSPS) is 11.2. The molecule has 0 saturated carbocycles. The van der Waals surface area contributed by atoms with Crippen LogP contribution in [0.1, 0.15) is 28.1 Å². The van der Waals surface area contributed by atoms with E-state index < -0.39 is 0 Å². The fourth-order valence-electron chi connectivity index (χ4n) is 3.53. The Kier molecular flexibility index (Phi) is 6.03. The van der Waals surface area contributed by atoms with Crippen molar-refractivity contribution >= 4 is 23.4 Å². The quantitative estimate of drug-likeness (QED) is 0.415. The Morgan fingerprint density at radius 1 is 1.13 bits per heavy atom. The van der Waals surface area contributed by atoms with Crippen LogP contribution >= 0.6 is 11.8 Å². The van der Waals surface area contributed by atoms with Gasteiger partial charge >= 0.3 is 0 Å². The molecule has 0 unspecified atom stereocenters. The lowest BCUT2D eigenvalue weighted by Gasteiger charge is -2.18. The fourth-order valence-corrected chi connectivity index (χ4v) is 3.86. The van der Waals surface area contributed by atoms with Gasteiger partial charge in [-0.25, -0.2) is 9.50 Å². The summed E-state index contributed by atoms with van der Waals surface area (Å²) in [4.78, 5) is 23.6. The van der Waals surface area contributed by atoms with Crippen LogP contribution in [0.2, 0.25) is 0 Å². The number of fused-ring (bicyclic) bond motifs is 1. The summed E-state index contributed by atoms with van der Waals surface area (Å²) >= 11 is 1.47. The minimum Gasteiger partial charge on any atom is -0.341 e. The van der Waals surface area contributed by atoms with Gasteiger partial charge in [-0.1, -0.05) is 42.1 Å². The minimum atomic E-state index is 0.0216. The molecule has 0 spiro atoms. The van der Waals surface area contributed by atoms with Gasteiger partial charge in [-0.2, -0.15) is 10.1 Å². The standard InChI is InChI=1S/C22H25N7OS/c1-15-19(16(2)29-21(24-15)25-22(26-29)31-4)10-20(30)27(3)12-18-11-23-28(14-18)13-17-8-6-5-7-9-17/h5-9,11,14H,10,12-13H2,1-4H3. The molecular formula is C22H25N7OS. The van der Waals surface area contributed by atoms with Gasteiger partial charge in [0.2, 0.25) is 11.1 Å². The van der Waals surface area contributed by atoms with Crippen molar-refractivity contribution in [1.29, 1.82) is 0 Å². The summed E-state index contributed by atoms with van der Waals surface area (Å²) in [6.07, 6.45) is 6.00. The van der Waals surface area contributed by atoms with Crippen LogP contribution in [0.3, 0.4) is 0 Å². The number of carbonyl (C=O) groups is 1. The molecule has 1 amide bonds. The predicted octanol–water partition coefficient (Wildman–Crippen LogP) is 2.91. The first kappa shape index (κ1) is 21.0. The Morgan fingerprint density at radius 3 is 2.65 bits per heavy atom. The van der Waals surface area contributed by atoms with E-state index in [1.807, 2.05) is 62.4 Å². The molecule has 0 fully saturated rings. The van der Waals surface area contributed by atoms with Crippen LogP contribution in [-0.2, 0) is 24.3 Å². The van der Waals surface area contributed by atoms with Crippen molar-refractivity contribution in [1.82, 2.24) is 34.3 Å². The lowest BCUT2D eigenvalue weighted by molar-refractivity contribution is -0.129. The lowest BCUT2D eigenvalue weighted by Crippen LogP contribution is -2.28. The van der Waals surface area contributed by atoms with Crippen LogP contribution in [0, 0.1) is 13.8 Å². The number of hydrogen-bond acceptors (Lipinski definition) is 6. The summed E-state index contributed by atoms with van der Waals surface area (Å²) in [6.45, 7) is 5.08. The zero-order valence-electron chi connectivity index (χ0n) is 18.1. The van der Waals surface area contributed by atoms with Crippen molar-refractivity contribution in [2.24, 2.45) is 0 Å². The molecule has 4 aromatic rings. The molecule has 0 bridgehead atoms. The number of nitrogens with zero attached hydrogens (tertiary/aromatic N) is 7. The highest BCUT2D eigenvalue weighted by Gasteiger charge is 2.18. The van der Waals surface area contributed by atoms with Crippen LogP contribution in [0.5, 0.6) is 0 Å². The van der Waals surface area contributed by atoms with Gasteiger partial charge in [-0.05, 0) is 25.7 Å². The van der Waals surface area contributed by atoms with Crippen LogP contribution in [0.25, 0.3) is 5.78 Å². The van der Waals surface area contributed by atoms with E-state index in [1.54, 1.807) is 9.42 Å². The highest BCUT2D eigenvalue weighted by Crippen LogP contribution is 2.18. The highest BCUT2D eigenvalue weighted by atomic mass is 32.2. The first-order chi connectivity index (χ1) is 14.9. The zero-order valence-corrected chi connectivity index (χ0v) is 18.9. The Labute approximate surface area is 185 Å². The Balaban J connectivity index is 1.44. The number of aromatic nitrogens is 6. The van der Waals surface area contributed by atoms with Crippen molar-refractivity contribution in [3.05, 3.63) is 70.8 Å². The zero-order chi connectivity index (χ0) is 22.0. The van der Waals surface area contributed by atoms with E-state index in [0.717, 1.165) is 22.5 Å². The monoisotopic (exact) mass is 435 g/mol. The number of likely N-dealkylation sites (N-methyl/N-ethyl adjacent to an activating group) is 1. The van der Waals surface area contributed by atoms with Gasteiger partial charge in [0.1, 0.15) is 0 Å². The van der Waals surface area contributed by atoms with Crippen molar-refractivity contribution < 1.29 is 4.79 Å². The number of thioether (sulfide) groups is 1. The van der Waals surface area contributed by atoms with E-state index >= 15 is 0 Å². The molecule has 9 heteroatoms. The summed E-state index contributed by atoms with van der Waals surface area (Å²) in [7, 11) is 1.81. The average Bonchev–Trinajstić information content (AvgIpc) is 3.38. The maximum atomic E-state index is 12.9. The molecule has 3 heterocycles. The predicted molar refractivity (Wildman–Crippen MR) is 120 cm³/mol. The Hall–Kier alpha value is -3.20. The third-order valence-corrected chi connectivity index (χ3v) is 5.80. The number of rotatable bonds is 7. The van der Waals surface area contributed by atoms with E-state index in [9.17, 15) is 4.79 Å². The van der Waals surface area contributed by atoms with Gasteiger partial charge in [0, 0.05) is 42.3 Å². The van der Waals surface area contributed by atoms with Crippen LogP contribution < -0.4 is 0 Å². The molecule has 8 nitrogen and oxygen atoms in total. The van der Waals surface area contributed by atoms with E-state index in [1.165, 1.54) is 17.3 Å². The molecule has 0 atom stereocenters. The summed E-state index contributed by atoms with van der Waals surface area (Å²) in [5, 5.41) is 9.56. The fraction of sp³-hybridized carbons (Fsp3) is 0.318. The van der Waals surface area contributed by atoms with Crippen LogP contribution in [-0.4, -0.2) is 53.5 Å². The maximum Gasteiger partial charge on any atom is 0.253 e. The third kappa shape index (κ3) is 4.61. The second-order valence-electron chi connectivity index (χ2n) is 7.53. The van der Waals surface area contributed by atoms with E-state index in [0.29, 0.717) is 24.0 Å². The van der Waals surface area contributed by atoms with Gasteiger partial charge in [0.05, 0.1) is 19.2 Å². The largest absolute Gasteiger partial charge is 0.341 e. The number of benzene rings is 1. The number of carbonyl (C=O) groups excluding carboxylic acids is 1. The van der Waals surface area contributed by atoms with E-state index in [-0.39, 0.29) is 12.3 Å². The summed E-state index contributed by atoms with van der Waals surface area (Å²) in [5.41, 5.74) is 4.78. The molecule has 4 rings (SSSR count). The van der Waals surface area contributed by atoms with Gasteiger partial charge in [-0.3, -0.25) is 9.48 Å². The Morgan fingerprint density at radius 2 is 1.90 bits per heavy atom. The van der Waals surface area contributed by atoms with E-state index in [4.69, 9.17) is 0 Å². The second-order valence-corrected chi connectivity index (χ2v) is 8.30. The average molecular weight is 436 g/mol. The third-order valence-electron chi connectivity index (χ3n) is 5.26. The summed E-state index contributed by atoms with van der Waals surface area (Å²) < 4.78 is 3.61. The molecule has 1 aromatic carbocycles. The summed E-state index contributed by atoms with van der Waals surface area (Å²) in [6, 6.07) is 10.2. The number of amides is 1. The van der Waals surface area contributed by atoms with Crippen LogP contribution in [0.15, 0.2) is 47.9 Å². The van der Waals surface area contributed by atoms with Gasteiger partial charge in [-0.15, -0.1) is 5.10 Å². The Bertz CT molecular complexity index is 1220. The number of hydrogen-bond donors (Lipinski definition) is 0. The molecule has 160 valence electrons. The van der Waals surface area contributed by atoms with Crippen LogP contribution in [0.4, 0.5) is 0 Å². The smallest absolute Gasteiger partial charge is 0.253 e. The van der Waals surface area contributed by atoms with Gasteiger partial charge in [0.25, 0.3) is 5.78 Å². The molecule has 0 aliphatic rings. The maximum absolute atomic E-state index is 12.9. The SMILES string of the molecule is CSc1nc2nc(C)c(CC(=O)N(C)Cc3cnn(Cc4ccccc4)c3)c(C)n2n1. The second kappa shape index (κ2) is 8.89. The highest BCUT2D eigenvalue weighted by molar-refractivity contribution is 7.98. The molecule has 0 saturated heterocycles. The topological polar surface area (TPSA) is 81.2 Å². The molecular weight excluding hydrogens is 410 g/mol. The first-order valence-corrected chi connectivity index (χ1v) is 11.2. The molecule has 0 N–H and O–H groups in total. The molecule has 0 aliphatic carbocycles. The lowest BCUT2D eigenvalue weighted by atomic mass is 10.1. The molecule has 0 aliphatic heterocycles. The molecule has 0 radical (unpaired) electrons. The number of aryl methyl sites for hydroxylation is 2. The van der Waals surface area contributed by atoms with Crippen molar-refractivity contribution in [2.45, 2.75) is 38.5 Å². The van der Waals surface area contributed by atoms with Crippen molar-refractivity contribution in [2.75, 3.05) is 13.3 Å². The van der Waals surface area contributed by atoms with E-state index in [2.05, 4.69) is 32.3 Å². The first-order valence-electron chi connectivity index (χ1n) is 10.0. The van der Waals surface area contributed by atoms with Crippen molar-refractivity contribution in [3.63, 3.8) is 0 Å². The summed E-state index contributed by atoms with van der Waals surface area (Å²) in [5.74, 6) is 0.586. The van der Waals surface area contributed by atoms with Crippen molar-refractivity contribution in [3.8, 4) is 0 Å².